The number of benzene rings is 5. The van der Waals surface area contributed by atoms with Crippen molar-refractivity contribution in [2.24, 2.45) is 5.92 Å². The molecule has 0 amide bonds. The van der Waals surface area contributed by atoms with Crippen LogP contribution in [0.15, 0.2) is 146 Å². The van der Waals surface area contributed by atoms with Crippen LogP contribution in [-0.2, 0) is 21.8 Å². The summed E-state index contributed by atoms with van der Waals surface area (Å²) in [5.41, 5.74) is 1.93. The predicted octanol–water partition coefficient (Wildman–Crippen LogP) is 9.38. The normalized spacial score (nSPS) is 18.1. The van der Waals surface area contributed by atoms with Crippen molar-refractivity contribution < 1.29 is 21.8 Å². The SMILES string of the molecule is C1CCCC1.CO[C@@H](c1ccccc1P(c1ccccc1)c1ccccc1)C1CCCC1P(c1ccccc1)c1ccccc1.[Fe]. The van der Waals surface area contributed by atoms with Crippen LogP contribution in [0.5, 0.6) is 0 Å². The smallest absolute Gasteiger partial charge is 0.0861 e. The molecule has 0 aliphatic heterocycles. The van der Waals surface area contributed by atoms with E-state index in [1.165, 1.54) is 83.5 Å². The van der Waals surface area contributed by atoms with Crippen LogP contribution in [0.2, 0.25) is 0 Å². The van der Waals surface area contributed by atoms with Gasteiger partial charge in [0.25, 0.3) is 0 Å². The zero-order valence-electron chi connectivity index (χ0n) is 26.9. The summed E-state index contributed by atoms with van der Waals surface area (Å²) in [4.78, 5) is 0. The van der Waals surface area contributed by atoms with Gasteiger partial charge in [-0.1, -0.05) is 184 Å². The van der Waals surface area contributed by atoms with Gasteiger partial charge < -0.3 is 4.74 Å². The van der Waals surface area contributed by atoms with E-state index in [2.05, 4.69) is 146 Å². The van der Waals surface area contributed by atoms with Gasteiger partial charge in [-0.25, -0.2) is 0 Å². The van der Waals surface area contributed by atoms with Crippen molar-refractivity contribution >= 4 is 42.4 Å². The van der Waals surface area contributed by atoms with E-state index in [0.717, 1.165) is 0 Å². The predicted molar refractivity (Wildman–Crippen MR) is 198 cm³/mol. The van der Waals surface area contributed by atoms with Crippen molar-refractivity contribution in [3.63, 3.8) is 0 Å². The summed E-state index contributed by atoms with van der Waals surface area (Å²) in [5, 5.41) is 7.12. The third kappa shape index (κ3) is 8.47. The minimum atomic E-state index is -0.711. The second-order valence-corrected chi connectivity index (χ2v) is 16.8. The molecule has 0 radical (unpaired) electrons. The van der Waals surface area contributed by atoms with Crippen LogP contribution in [0, 0.1) is 5.92 Å². The maximum absolute atomic E-state index is 6.56. The summed E-state index contributed by atoms with van der Waals surface area (Å²) in [6.45, 7) is 0. The Bertz CT molecular complexity index is 1470. The summed E-state index contributed by atoms with van der Waals surface area (Å²) >= 11 is 0. The molecular weight excluding hydrogens is 638 g/mol. The molecule has 2 aliphatic rings. The molecule has 238 valence electrons. The first kappa shape index (κ1) is 34.8. The Morgan fingerprint density at radius 1 is 0.500 bits per heavy atom. The Morgan fingerprint density at radius 3 is 1.37 bits per heavy atom. The summed E-state index contributed by atoms with van der Waals surface area (Å²) in [5.74, 6) is 0.459. The number of hydrogen-bond donors (Lipinski definition) is 0. The molecule has 5 aromatic carbocycles. The van der Waals surface area contributed by atoms with Crippen molar-refractivity contribution in [1.82, 2.24) is 0 Å². The molecule has 0 bridgehead atoms. The molecule has 5 aromatic rings. The summed E-state index contributed by atoms with van der Waals surface area (Å²) in [7, 11) is 0.710. The summed E-state index contributed by atoms with van der Waals surface area (Å²) < 4.78 is 6.56. The van der Waals surface area contributed by atoms with E-state index in [9.17, 15) is 0 Å². The van der Waals surface area contributed by atoms with Gasteiger partial charge in [0, 0.05) is 24.2 Å². The zero-order valence-corrected chi connectivity index (χ0v) is 29.8. The van der Waals surface area contributed by atoms with Gasteiger partial charge in [0.2, 0.25) is 0 Å². The van der Waals surface area contributed by atoms with Crippen LogP contribution >= 0.6 is 15.8 Å². The van der Waals surface area contributed by atoms with Crippen molar-refractivity contribution in [2.45, 2.75) is 63.1 Å². The van der Waals surface area contributed by atoms with E-state index in [4.69, 9.17) is 4.74 Å². The molecule has 2 saturated carbocycles. The van der Waals surface area contributed by atoms with Crippen LogP contribution in [0.1, 0.15) is 63.0 Å². The van der Waals surface area contributed by atoms with Crippen LogP contribution in [-0.4, -0.2) is 12.8 Å². The van der Waals surface area contributed by atoms with Crippen LogP contribution in [0.3, 0.4) is 0 Å². The Hall–Kier alpha value is -2.56. The molecule has 0 heterocycles. The second-order valence-electron chi connectivity index (χ2n) is 12.2. The third-order valence-corrected chi connectivity index (χ3v) is 14.9. The summed E-state index contributed by atoms with van der Waals surface area (Å²) in [6.07, 6.45) is 11.2. The largest absolute Gasteiger partial charge is 0.376 e. The molecule has 1 nitrogen and oxygen atoms in total. The van der Waals surface area contributed by atoms with Crippen molar-refractivity contribution in [2.75, 3.05) is 7.11 Å². The Balaban J connectivity index is 0.000000635. The van der Waals surface area contributed by atoms with Gasteiger partial charge in [-0.15, -0.1) is 0 Å². The molecule has 3 atom stereocenters. The molecule has 2 fully saturated rings. The quantitative estimate of drug-likeness (QED) is 0.111. The fourth-order valence-electron chi connectivity index (χ4n) is 7.28. The maximum Gasteiger partial charge on any atom is 0.0861 e. The molecule has 0 spiro atoms. The monoisotopic (exact) mass is 684 g/mol. The van der Waals surface area contributed by atoms with Gasteiger partial charge >= 0.3 is 0 Å². The molecule has 0 N–H and O–H groups in total. The molecule has 0 aromatic heterocycles. The van der Waals surface area contributed by atoms with E-state index in [1.54, 1.807) is 0 Å². The first-order valence-corrected chi connectivity index (χ1v) is 19.5. The molecule has 0 saturated heterocycles. The van der Waals surface area contributed by atoms with Gasteiger partial charge in [-0.2, -0.15) is 0 Å². The molecule has 2 aliphatic carbocycles. The van der Waals surface area contributed by atoms with E-state index in [-0.39, 0.29) is 23.2 Å². The fourth-order valence-corrected chi connectivity index (χ4v) is 13.0. The Kier molecular flexibility index (Phi) is 13.7. The number of hydrogen-bond acceptors (Lipinski definition) is 1. The Morgan fingerprint density at radius 2 is 0.913 bits per heavy atom. The first-order valence-electron chi connectivity index (χ1n) is 16.8. The van der Waals surface area contributed by atoms with Gasteiger partial charge in [0.15, 0.2) is 0 Å². The van der Waals surface area contributed by atoms with E-state index in [0.29, 0.717) is 11.6 Å². The van der Waals surface area contributed by atoms with Crippen molar-refractivity contribution in [3.8, 4) is 0 Å². The van der Waals surface area contributed by atoms with Crippen molar-refractivity contribution in [1.29, 1.82) is 0 Å². The molecule has 7 rings (SSSR count). The van der Waals surface area contributed by atoms with Crippen LogP contribution in [0.4, 0.5) is 0 Å². The van der Waals surface area contributed by atoms with E-state index < -0.39 is 15.8 Å². The van der Waals surface area contributed by atoms with Gasteiger partial charge in [-0.3, -0.25) is 0 Å². The minimum absolute atomic E-state index is 0. The second kappa shape index (κ2) is 18.1. The standard InChI is InChI=1S/C37H36OP2.C5H10.Fe/c1-38-37(34-26-16-28-36(34)40(31-21-10-4-11-22-31)32-23-12-5-13-24-32)33-25-14-15-27-35(33)39(29-17-6-2-7-18-29)30-19-8-3-9-20-30;1-2-4-5-3-1;/h2-15,17-25,27,34,36-37H,16,26,28H2,1H3;1-5H2;/t34?,36?,37-;;/m0../s1. The molecule has 2 unspecified atom stereocenters. The van der Waals surface area contributed by atoms with E-state index >= 15 is 0 Å². The average Bonchev–Trinajstić information content (AvgIpc) is 3.85. The number of rotatable bonds is 9. The van der Waals surface area contributed by atoms with E-state index in [1.807, 2.05) is 7.11 Å². The number of methoxy groups -OCH3 is 1. The molecule has 46 heavy (non-hydrogen) atoms. The van der Waals surface area contributed by atoms with Crippen molar-refractivity contribution in [3.05, 3.63) is 151 Å². The van der Waals surface area contributed by atoms with Gasteiger partial charge in [0.05, 0.1) is 6.10 Å². The molecular formula is C42H46FeOP2. The zero-order chi connectivity index (χ0) is 30.7. The van der Waals surface area contributed by atoms with Gasteiger partial charge in [-0.05, 0) is 72.3 Å². The number of ether oxygens (including phenoxy) is 1. The molecule has 4 heteroatoms. The first-order chi connectivity index (χ1) is 22.3. The maximum atomic E-state index is 6.56. The average molecular weight is 685 g/mol. The topological polar surface area (TPSA) is 9.23 Å². The fraction of sp³-hybridized carbons (Fsp3) is 0.286. The van der Waals surface area contributed by atoms with Crippen LogP contribution in [0.25, 0.3) is 0 Å². The van der Waals surface area contributed by atoms with Crippen LogP contribution < -0.4 is 26.5 Å². The third-order valence-electron chi connectivity index (χ3n) is 9.34. The Labute approximate surface area is 290 Å². The summed E-state index contributed by atoms with van der Waals surface area (Å²) in [6, 6.07) is 53.6. The van der Waals surface area contributed by atoms with Gasteiger partial charge in [0.1, 0.15) is 0 Å². The minimum Gasteiger partial charge on any atom is -0.376 e.